The van der Waals surface area contributed by atoms with Gasteiger partial charge in [-0.15, -0.1) is 0 Å². The maximum Gasteiger partial charge on any atom is 0.134 e. The first kappa shape index (κ1) is 15.2. The van der Waals surface area contributed by atoms with E-state index in [-0.39, 0.29) is 5.75 Å². The van der Waals surface area contributed by atoms with Crippen LogP contribution >= 0.6 is 0 Å². The van der Waals surface area contributed by atoms with Crippen LogP contribution in [0.5, 0.6) is 5.75 Å². The van der Waals surface area contributed by atoms with E-state index >= 15 is 0 Å². The lowest BCUT2D eigenvalue weighted by Crippen LogP contribution is -2.19. The highest BCUT2D eigenvalue weighted by atomic mass is 19.2. The average Bonchev–Trinajstić information content (AvgIpc) is 2.36. The number of rotatable bonds is 3. The molecule has 0 saturated carbocycles. The van der Waals surface area contributed by atoms with Crippen LogP contribution < -0.4 is 10.5 Å². The van der Waals surface area contributed by atoms with Crippen LogP contribution in [0.2, 0.25) is 0 Å². The molecule has 0 amide bonds. The molecule has 2 aromatic carbocycles. The van der Waals surface area contributed by atoms with Crippen LogP contribution in [-0.4, -0.2) is 7.11 Å². The molecule has 21 heavy (non-hydrogen) atoms. The molecular formula is C14H10F5NO. The summed E-state index contributed by atoms with van der Waals surface area (Å²) in [5.74, 6) is -6.16. The summed E-state index contributed by atoms with van der Waals surface area (Å²) in [5.41, 5.74) is 3.98. The van der Waals surface area contributed by atoms with Crippen LogP contribution in [0.4, 0.5) is 22.0 Å². The molecule has 1 atom stereocenters. The van der Waals surface area contributed by atoms with Crippen molar-refractivity contribution in [1.29, 1.82) is 0 Å². The summed E-state index contributed by atoms with van der Waals surface area (Å²) in [4.78, 5) is 0. The van der Waals surface area contributed by atoms with Crippen LogP contribution in [-0.2, 0) is 0 Å². The minimum atomic E-state index is -1.77. The number of halogens is 5. The standard InChI is InChI=1S/C14H10F5NO/c1-21-7-4-10(18)13(11(19)5-7)14(20)12-8(16)2-6(15)3-9(12)17/h2-5,14H,20H2,1H3. The highest BCUT2D eigenvalue weighted by molar-refractivity contribution is 5.38. The van der Waals surface area contributed by atoms with Crippen molar-refractivity contribution < 1.29 is 26.7 Å². The van der Waals surface area contributed by atoms with E-state index in [4.69, 9.17) is 5.73 Å². The summed E-state index contributed by atoms with van der Waals surface area (Å²) >= 11 is 0. The van der Waals surface area contributed by atoms with E-state index in [1.54, 1.807) is 0 Å². The second kappa shape index (κ2) is 5.69. The Morgan fingerprint density at radius 2 is 1.19 bits per heavy atom. The Bertz CT molecular complexity index is 643. The third kappa shape index (κ3) is 2.82. The van der Waals surface area contributed by atoms with E-state index in [1.807, 2.05) is 0 Å². The Kier molecular flexibility index (Phi) is 4.13. The van der Waals surface area contributed by atoms with Gasteiger partial charge in [-0.2, -0.15) is 0 Å². The van der Waals surface area contributed by atoms with Crippen molar-refractivity contribution in [3.8, 4) is 5.75 Å². The Hall–Kier alpha value is -2.15. The normalized spacial score (nSPS) is 12.3. The van der Waals surface area contributed by atoms with Gasteiger partial charge in [0.25, 0.3) is 0 Å². The van der Waals surface area contributed by atoms with Gasteiger partial charge in [0.05, 0.1) is 13.2 Å². The molecule has 0 aliphatic rings. The van der Waals surface area contributed by atoms with E-state index in [0.717, 1.165) is 12.1 Å². The zero-order valence-electron chi connectivity index (χ0n) is 10.8. The Labute approximate surface area is 116 Å². The predicted octanol–water partition coefficient (Wildman–Crippen LogP) is 3.44. The molecule has 2 N–H and O–H groups in total. The summed E-state index contributed by atoms with van der Waals surface area (Å²) in [5, 5.41) is 0. The Morgan fingerprint density at radius 3 is 1.57 bits per heavy atom. The van der Waals surface area contributed by atoms with Crippen molar-refractivity contribution in [2.45, 2.75) is 6.04 Å². The lowest BCUT2D eigenvalue weighted by atomic mass is 9.97. The maximum atomic E-state index is 13.9. The van der Waals surface area contributed by atoms with Gasteiger partial charge < -0.3 is 10.5 Å². The topological polar surface area (TPSA) is 35.2 Å². The third-order valence-electron chi connectivity index (χ3n) is 2.95. The zero-order chi connectivity index (χ0) is 15.7. The molecular weight excluding hydrogens is 293 g/mol. The molecule has 0 aliphatic heterocycles. The molecule has 0 fully saturated rings. The van der Waals surface area contributed by atoms with Gasteiger partial charge >= 0.3 is 0 Å². The van der Waals surface area contributed by atoms with Crippen molar-refractivity contribution in [3.63, 3.8) is 0 Å². The quantitative estimate of drug-likeness (QED) is 0.882. The molecule has 0 bridgehead atoms. The van der Waals surface area contributed by atoms with Crippen molar-refractivity contribution in [2.24, 2.45) is 5.73 Å². The van der Waals surface area contributed by atoms with Crippen LogP contribution in [0.3, 0.4) is 0 Å². The number of hydrogen-bond donors (Lipinski definition) is 1. The maximum absolute atomic E-state index is 13.9. The van der Waals surface area contributed by atoms with Crippen molar-refractivity contribution in [2.75, 3.05) is 7.11 Å². The first-order valence-electron chi connectivity index (χ1n) is 5.78. The van der Waals surface area contributed by atoms with Gasteiger partial charge in [-0.05, 0) is 0 Å². The summed E-state index contributed by atoms with van der Waals surface area (Å²) in [6, 6.07) is 0.668. The van der Waals surface area contributed by atoms with Gasteiger partial charge in [0.1, 0.15) is 34.8 Å². The van der Waals surface area contributed by atoms with Crippen molar-refractivity contribution in [3.05, 3.63) is 64.5 Å². The highest BCUT2D eigenvalue weighted by Crippen LogP contribution is 2.31. The van der Waals surface area contributed by atoms with E-state index in [2.05, 4.69) is 4.74 Å². The number of nitrogens with two attached hydrogens (primary N) is 1. The molecule has 112 valence electrons. The van der Waals surface area contributed by atoms with Gasteiger partial charge in [0, 0.05) is 35.4 Å². The Balaban J connectivity index is 2.58. The number of benzene rings is 2. The first-order valence-corrected chi connectivity index (χ1v) is 5.78. The predicted molar refractivity (Wildman–Crippen MR) is 65.3 cm³/mol. The second-order valence-electron chi connectivity index (χ2n) is 4.27. The van der Waals surface area contributed by atoms with E-state index in [1.165, 1.54) is 7.11 Å². The summed E-state index contributed by atoms with van der Waals surface area (Å²) in [7, 11) is 1.20. The van der Waals surface area contributed by atoms with E-state index < -0.39 is 46.3 Å². The molecule has 2 nitrogen and oxygen atoms in total. The molecule has 2 aromatic rings. The van der Waals surface area contributed by atoms with Crippen molar-refractivity contribution >= 4 is 0 Å². The summed E-state index contributed by atoms with van der Waals surface area (Å²) in [6.07, 6.45) is 0. The fraction of sp³-hybridized carbons (Fsp3) is 0.143. The Morgan fingerprint density at radius 1 is 0.810 bits per heavy atom. The minimum absolute atomic E-state index is 0.110. The van der Waals surface area contributed by atoms with Crippen LogP contribution in [0.25, 0.3) is 0 Å². The fourth-order valence-electron chi connectivity index (χ4n) is 1.97. The minimum Gasteiger partial charge on any atom is -0.497 e. The van der Waals surface area contributed by atoms with Gasteiger partial charge in [-0.25, -0.2) is 22.0 Å². The number of hydrogen-bond acceptors (Lipinski definition) is 2. The molecule has 0 radical (unpaired) electrons. The number of ether oxygens (including phenoxy) is 1. The SMILES string of the molecule is COc1cc(F)c(C(N)c2c(F)cc(F)cc2F)c(F)c1. The molecule has 0 aromatic heterocycles. The second-order valence-corrected chi connectivity index (χ2v) is 4.27. The van der Waals surface area contributed by atoms with E-state index in [0.29, 0.717) is 12.1 Å². The van der Waals surface area contributed by atoms with Crippen LogP contribution in [0.1, 0.15) is 17.2 Å². The largest absolute Gasteiger partial charge is 0.497 e. The molecule has 0 aliphatic carbocycles. The van der Waals surface area contributed by atoms with Gasteiger partial charge in [0.15, 0.2) is 0 Å². The average molecular weight is 303 g/mol. The summed E-state index contributed by atoms with van der Waals surface area (Å²) in [6.45, 7) is 0. The smallest absolute Gasteiger partial charge is 0.134 e. The van der Waals surface area contributed by atoms with Gasteiger partial charge in [-0.1, -0.05) is 0 Å². The summed E-state index contributed by atoms with van der Waals surface area (Å²) < 4.78 is 72.5. The van der Waals surface area contributed by atoms with E-state index in [9.17, 15) is 22.0 Å². The highest BCUT2D eigenvalue weighted by Gasteiger charge is 2.25. The third-order valence-corrected chi connectivity index (χ3v) is 2.95. The lowest BCUT2D eigenvalue weighted by Gasteiger charge is -2.16. The first-order chi connectivity index (χ1) is 9.85. The molecule has 0 spiro atoms. The molecule has 2 rings (SSSR count). The van der Waals surface area contributed by atoms with Crippen LogP contribution in [0.15, 0.2) is 24.3 Å². The lowest BCUT2D eigenvalue weighted by molar-refractivity contribution is 0.404. The molecule has 1 unspecified atom stereocenters. The molecule has 7 heteroatoms. The van der Waals surface area contributed by atoms with Crippen LogP contribution in [0, 0.1) is 29.1 Å². The monoisotopic (exact) mass is 303 g/mol. The van der Waals surface area contributed by atoms with Crippen molar-refractivity contribution in [1.82, 2.24) is 0 Å². The molecule has 0 heterocycles. The fourth-order valence-corrected chi connectivity index (χ4v) is 1.97. The van der Waals surface area contributed by atoms with Gasteiger partial charge in [-0.3, -0.25) is 0 Å². The number of methoxy groups -OCH3 is 1. The zero-order valence-corrected chi connectivity index (χ0v) is 10.8. The van der Waals surface area contributed by atoms with Gasteiger partial charge in [0.2, 0.25) is 0 Å². The molecule has 0 saturated heterocycles.